The van der Waals surface area contributed by atoms with E-state index in [-0.39, 0.29) is 11.4 Å². The molecule has 0 aliphatic carbocycles. The quantitative estimate of drug-likeness (QED) is 0.280. The number of methoxy groups -OCH3 is 1. The maximum Gasteiger partial charge on any atom is 0.349 e. The number of aromatic amines is 1. The third kappa shape index (κ3) is 4.18. The SMILES string of the molecule is COc1ccccc1-n1c(C)cc(/C=C(/C#N)C(=O)OCC(=O)c2ccc[nH]2)c1C. The Labute approximate surface area is 174 Å². The molecular weight excluding hydrogens is 382 g/mol. The maximum atomic E-state index is 12.3. The van der Waals surface area contributed by atoms with Gasteiger partial charge >= 0.3 is 5.97 Å². The lowest BCUT2D eigenvalue weighted by Crippen LogP contribution is -2.15. The minimum Gasteiger partial charge on any atom is -0.495 e. The second kappa shape index (κ2) is 8.97. The Kier molecular flexibility index (Phi) is 6.18. The Morgan fingerprint density at radius 2 is 1.97 bits per heavy atom. The van der Waals surface area contributed by atoms with Crippen LogP contribution in [0.5, 0.6) is 5.75 Å². The number of esters is 1. The van der Waals surface area contributed by atoms with Crippen molar-refractivity contribution in [1.29, 1.82) is 5.26 Å². The van der Waals surface area contributed by atoms with Crippen LogP contribution in [0, 0.1) is 25.2 Å². The summed E-state index contributed by atoms with van der Waals surface area (Å²) in [6.45, 7) is 3.37. The highest BCUT2D eigenvalue weighted by atomic mass is 16.5. The predicted molar refractivity (Wildman–Crippen MR) is 111 cm³/mol. The number of carbonyl (C=O) groups is 2. The van der Waals surface area contributed by atoms with Crippen molar-refractivity contribution in [2.24, 2.45) is 0 Å². The topological polar surface area (TPSA) is 97.1 Å². The average molecular weight is 403 g/mol. The van der Waals surface area contributed by atoms with Crippen molar-refractivity contribution < 1.29 is 19.1 Å². The molecule has 1 N–H and O–H groups in total. The Hall–Kier alpha value is -4.05. The zero-order valence-electron chi connectivity index (χ0n) is 16.9. The second-order valence-electron chi connectivity index (χ2n) is 6.59. The standard InChI is InChI=1S/C23H21N3O4/c1-15-11-17(16(2)26(15)20-8-4-5-9-22(20)29-3)12-18(13-24)23(28)30-14-21(27)19-7-6-10-25-19/h4-12,25H,14H2,1-3H3/b18-12-. The zero-order chi connectivity index (χ0) is 21.7. The van der Waals surface area contributed by atoms with Gasteiger partial charge in [0.2, 0.25) is 5.78 Å². The number of nitrogens with zero attached hydrogens (tertiary/aromatic N) is 2. The molecule has 0 atom stereocenters. The van der Waals surface area contributed by atoms with Crippen molar-refractivity contribution in [2.45, 2.75) is 13.8 Å². The number of rotatable bonds is 7. The number of ketones is 1. The van der Waals surface area contributed by atoms with E-state index in [0.29, 0.717) is 17.0 Å². The molecule has 0 bridgehead atoms. The molecule has 0 saturated carbocycles. The summed E-state index contributed by atoms with van der Waals surface area (Å²) >= 11 is 0. The minimum absolute atomic E-state index is 0.186. The molecule has 2 aromatic heterocycles. The monoisotopic (exact) mass is 403 g/mol. The van der Waals surface area contributed by atoms with E-state index in [4.69, 9.17) is 9.47 Å². The van der Waals surface area contributed by atoms with Gasteiger partial charge in [-0.15, -0.1) is 0 Å². The van der Waals surface area contributed by atoms with Gasteiger partial charge in [0, 0.05) is 17.6 Å². The summed E-state index contributed by atoms with van der Waals surface area (Å²) in [5, 5.41) is 9.44. The van der Waals surface area contributed by atoms with Crippen LogP contribution in [0.3, 0.4) is 0 Å². The molecular formula is C23H21N3O4. The summed E-state index contributed by atoms with van der Waals surface area (Å²) in [4.78, 5) is 27.0. The van der Waals surface area contributed by atoms with Crippen LogP contribution in [0.4, 0.5) is 0 Å². The molecule has 0 aliphatic heterocycles. The Morgan fingerprint density at radius 3 is 2.63 bits per heavy atom. The molecule has 0 spiro atoms. The first kappa shape index (κ1) is 20.7. The predicted octanol–water partition coefficient (Wildman–Crippen LogP) is 3.76. The molecule has 0 aliphatic rings. The number of aromatic nitrogens is 2. The summed E-state index contributed by atoms with van der Waals surface area (Å²) in [5.74, 6) is -0.517. The van der Waals surface area contributed by atoms with E-state index in [9.17, 15) is 14.9 Å². The first-order valence-corrected chi connectivity index (χ1v) is 9.24. The van der Waals surface area contributed by atoms with E-state index in [1.165, 1.54) is 6.08 Å². The fraction of sp³-hybridized carbons (Fsp3) is 0.174. The van der Waals surface area contributed by atoms with E-state index < -0.39 is 12.6 Å². The molecule has 3 rings (SSSR count). The van der Waals surface area contributed by atoms with E-state index in [0.717, 1.165) is 17.1 Å². The second-order valence-corrected chi connectivity index (χ2v) is 6.59. The van der Waals surface area contributed by atoms with Crippen LogP contribution < -0.4 is 4.74 Å². The summed E-state index contributed by atoms with van der Waals surface area (Å²) < 4.78 is 12.5. The van der Waals surface area contributed by atoms with Crippen molar-refractivity contribution in [3.63, 3.8) is 0 Å². The number of ether oxygens (including phenoxy) is 2. The fourth-order valence-electron chi connectivity index (χ4n) is 3.20. The highest BCUT2D eigenvalue weighted by Gasteiger charge is 2.17. The highest BCUT2D eigenvalue weighted by molar-refractivity contribution is 6.01. The molecule has 3 aromatic rings. The summed E-state index contributed by atoms with van der Waals surface area (Å²) in [5.41, 5.74) is 3.45. The fourth-order valence-corrected chi connectivity index (χ4v) is 3.20. The Morgan fingerprint density at radius 1 is 1.20 bits per heavy atom. The van der Waals surface area contributed by atoms with Crippen LogP contribution in [-0.2, 0) is 9.53 Å². The van der Waals surface area contributed by atoms with Crippen molar-refractivity contribution >= 4 is 17.8 Å². The lowest BCUT2D eigenvalue weighted by molar-refractivity contribution is -0.137. The number of Topliss-reactive ketones (excluding diaryl/α,β-unsaturated/α-hetero) is 1. The van der Waals surface area contributed by atoms with Crippen LogP contribution in [0.25, 0.3) is 11.8 Å². The molecule has 0 unspecified atom stereocenters. The molecule has 1 aromatic carbocycles. The maximum absolute atomic E-state index is 12.3. The van der Waals surface area contributed by atoms with Gasteiger partial charge in [0.05, 0.1) is 18.5 Å². The number of nitrogens with one attached hydrogen (secondary N) is 1. The van der Waals surface area contributed by atoms with Gasteiger partial charge in [0.15, 0.2) is 6.61 Å². The lowest BCUT2D eigenvalue weighted by atomic mass is 10.1. The third-order valence-electron chi connectivity index (χ3n) is 4.67. The number of H-pyrrole nitrogens is 1. The molecule has 7 heteroatoms. The van der Waals surface area contributed by atoms with E-state index in [1.807, 2.05) is 54.8 Å². The smallest absolute Gasteiger partial charge is 0.349 e. The van der Waals surface area contributed by atoms with E-state index >= 15 is 0 Å². The highest BCUT2D eigenvalue weighted by Crippen LogP contribution is 2.28. The third-order valence-corrected chi connectivity index (χ3v) is 4.67. The molecule has 152 valence electrons. The van der Waals surface area contributed by atoms with E-state index in [1.54, 1.807) is 25.4 Å². The van der Waals surface area contributed by atoms with Crippen LogP contribution >= 0.6 is 0 Å². The number of carbonyl (C=O) groups excluding carboxylic acids is 2. The van der Waals surface area contributed by atoms with Crippen molar-refractivity contribution in [3.8, 4) is 17.5 Å². The first-order chi connectivity index (χ1) is 14.5. The van der Waals surface area contributed by atoms with Crippen molar-refractivity contribution in [3.05, 3.63) is 76.9 Å². The first-order valence-electron chi connectivity index (χ1n) is 9.24. The van der Waals surface area contributed by atoms with Gasteiger partial charge < -0.3 is 19.0 Å². The zero-order valence-corrected chi connectivity index (χ0v) is 16.9. The van der Waals surface area contributed by atoms with Crippen LogP contribution in [0.15, 0.2) is 54.2 Å². The number of para-hydroxylation sites is 2. The van der Waals surface area contributed by atoms with Gasteiger partial charge in [0.1, 0.15) is 17.4 Å². The number of nitriles is 1. The van der Waals surface area contributed by atoms with Gasteiger partial charge in [0.25, 0.3) is 0 Å². The summed E-state index contributed by atoms with van der Waals surface area (Å²) in [6.07, 6.45) is 3.07. The summed E-state index contributed by atoms with van der Waals surface area (Å²) in [6, 6.07) is 14.6. The van der Waals surface area contributed by atoms with Gasteiger partial charge in [-0.1, -0.05) is 12.1 Å². The van der Waals surface area contributed by atoms with Gasteiger partial charge in [-0.05, 0) is 55.8 Å². The minimum atomic E-state index is -0.848. The Bertz CT molecular complexity index is 1150. The molecule has 0 amide bonds. The molecule has 0 saturated heterocycles. The molecule has 0 fully saturated rings. The normalized spacial score (nSPS) is 11.1. The number of hydrogen-bond donors (Lipinski definition) is 1. The van der Waals surface area contributed by atoms with Crippen molar-refractivity contribution in [1.82, 2.24) is 9.55 Å². The van der Waals surface area contributed by atoms with Crippen LogP contribution in [-0.4, -0.2) is 35.0 Å². The van der Waals surface area contributed by atoms with Gasteiger partial charge in [-0.2, -0.15) is 5.26 Å². The number of benzene rings is 1. The number of aryl methyl sites for hydroxylation is 1. The van der Waals surface area contributed by atoms with Crippen LogP contribution in [0.1, 0.15) is 27.4 Å². The average Bonchev–Trinajstić information content (AvgIpc) is 3.38. The van der Waals surface area contributed by atoms with E-state index in [2.05, 4.69) is 4.98 Å². The molecule has 30 heavy (non-hydrogen) atoms. The summed E-state index contributed by atoms with van der Waals surface area (Å²) in [7, 11) is 1.60. The number of hydrogen-bond acceptors (Lipinski definition) is 5. The molecule has 0 radical (unpaired) electrons. The lowest BCUT2D eigenvalue weighted by Gasteiger charge is -2.13. The van der Waals surface area contributed by atoms with Gasteiger partial charge in [-0.25, -0.2) is 4.79 Å². The van der Waals surface area contributed by atoms with Gasteiger partial charge in [-0.3, -0.25) is 4.79 Å². The van der Waals surface area contributed by atoms with Crippen LogP contribution in [0.2, 0.25) is 0 Å². The molecule has 7 nitrogen and oxygen atoms in total. The largest absolute Gasteiger partial charge is 0.495 e. The Balaban J connectivity index is 1.85. The van der Waals surface area contributed by atoms with Crippen molar-refractivity contribution in [2.75, 3.05) is 13.7 Å². The molecule has 2 heterocycles.